The van der Waals surface area contributed by atoms with E-state index in [1.165, 1.54) is 0 Å². The summed E-state index contributed by atoms with van der Waals surface area (Å²) < 4.78 is 25.3. The maximum Gasteiger partial charge on any atom is 0.316 e. The maximum absolute atomic E-state index is 12.9. The van der Waals surface area contributed by atoms with Crippen molar-refractivity contribution >= 4 is 39.4 Å². The van der Waals surface area contributed by atoms with Crippen LogP contribution in [0.1, 0.15) is 50.2 Å². The zero-order valence-electron chi connectivity index (χ0n) is 15.1. The first-order chi connectivity index (χ1) is 11.8. The number of carbonyl (C=O) groups is 1. The lowest BCUT2D eigenvalue weighted by Gasteiger charge is -2.26. The van der Waals surface area contributed by atoms with Crippen molar-refractivity contribution in [2.75, 3.05) is 13.6 Å². The summed E-state index contributed by atoms with van der Waals surface area (Å²) in [5.74, 6) is -0.573. The van der Waals surface area contributed by atoms with E-state index in [4.69, 9.17) is 12.2 Å². The van der Waals surface area contributed by atoms with E-state index in [9.17, 15) is 13.2 Å². The van der Waals surface area contributed by atoms with E-state index in [1.54, 1.807) is 37.9 Å². The first-order valence-electron chi connectivity index (χ1n) is 8.26. The van der Waals surface area contributed by atoms with Crippen molar-refractivity contribution in [3.05, 3.63) is 29.3 Å². The van der Waals surface area contributed by atoms with E-state index in [2.05, 4.69) is 16.6 Å². The summed E-state index contributed by atoms with van der Waals surface area (Å²) in [6.07, 6.45) is 2.95. The van der Waals surface area contributed by atoms with Crippen LogP contribution in [-0.4, -0.2) is 37.9 Å². The molecule has 1 unspecified atom stereocenters. The van der Waals surface area contributed by atoms with E-state index in [0.717, 1.165) is 24.8 Å². The zero-order valence-corrected chi connectivity index (χ0v) is 16.7. The highest BCUT2D eigenvalue weighted by Crippen LogP contribution is 2.26. The smallest absolute Gasteiger partial charge is 0.316 e. The molecule has 1 N–H and O–H groups in total. The second-order valence-electron chi connectivity index (χ2n) is 5.83. The molecule has 0 bridgehead atoms. The SMILES string of the molecule is CCCCCN(C(=O)C(C)c1ccc(C)c(N=S(=O)=O)c1)C(=S)NC. The standard InChI is InChI=1S/C17H25N3O3S2/c1-5-6-7-10-20(17(24)18-4)16(21)13(3)14-9-8-12(2)15(11-14)19-25(22)23/h8-9,11,13H,5-7,10H2,1-4H3,(H,18,24). The van der Waals surface area contributed by atoms with Crippen molar-refractivity contribution in [1.29, 1.82) is 0 Å². The molecule has 0 aromatic heterocycles. The molecule has 1 rings (SSSR count). The third kappa shape index (κ3) is 6.21. The number of aryl methyl sites for hydroxylation is 1. The van der Waals surface area contributed by atoms with Crippen LogP contribution in [0.2, 0.25) is 0 Å². The molecule has 25 heavy (non-hydrogen) atoms. The van der Waals surface area contributed by atoms with Gasteiger partial charge in [-0.2, -0.15) is 8.42 Å². The van der Waals surface area contributed by atoms with E-state index in [-0.39, 0.29) is 5.91 Å². The lowest BCUT2D eigenvalue weighted by molar-refractivity contribution is -0.128. The fraction of sp³-hybridized carbons (Fsp3) is 0.529. The van der Waals surface area contributed by atoms with Crippen LogP contribution in [-0.2, 0) is 15.3 Å². The Morgan fingerprint density at radius 3 is 2.60 bits per heavy atom. The third-order valence-electron chi connectivity index (χ3n) is 3.99. The highest BCUT2D eigenvalue weighted by molar-refractivity contribution is 7.80. The number of benzene rings is 1. The van der Waals surface area contributed by atoms with Gasteiger partial charge in [-0.3, -0.25) is 9.69 Å². The van der Waals surface area contributed by atoms with Gasteiger partial charge in [-0.25, -0.2) is 0 Å². The molecule has 1 atom stereocenters. The minimum atomic E-state index is -2.53. The Hall–Kier alpha value is -1.80. The van der Waals surface area contributed by atoms with Crippen LogP contribution in [0.15, 0.2) is 22.6 Å². The number of amides is 1. The topological polar surface area (TPSA) is 78.8 Å². The Kier molecular flexibility index (Phi) is 8.71. The highest BCUT2D eigenvalue weighted by atomic mass is 32.2. The molecule has 0 aliphatic rings. The molecule has 0 saturated carbocycles. The number of unbranched alkanes of at least 4 members (excludes halogenated alkanes) is 2. The lowest BCUT2D eigenvalue weighted by atomic mass is 9.97. The van der Waals surface area contributed by atoms with Crippen LogP contribution < -0.4 is 5.32 Å². The Morgan fingerprint density at radius 1 is 1.36 bits per heavy atom. The van der Waals surface area contributed by atoms with Crippen LogP contribution in [0.25, 0.3) is 0 Å². The number of nitrogens with one attached hydrogen (secondary N) is 1. The molecule has 0 heterocycles. The summed E-state index contributed by atoms with van der Waals surface area (Å²) in [6.45, 7) is 6.22. The Labute approximate surface area is 156 Å². The van der Waals surface area contributed by atoms with Crippen LogP contribution >= 0.6 is 12.2 Å². The van der Waals surface area contributed by atoms with Gasteiger partial charge in [0.1, 0.15) is 0 Å². The molecule has 0 spiro atoms. The Morgan fingerprint density at radius 2 is 2.04 bits per heavy atom. The molecule has 1 aromatic rings. The van der Waals surface area contributed by atoms with Crippen LogP contribution in [0.5, 0.6) is 0 Å². The quantitative estimate of drug-likeness (QED) is 0.577. The highest BCUT2D eigenvalue weighted by Gasteiger charge is 2.24. The molecule has 0 saturated heterocycles. The van der Waals surface area contributed by atoms with Gasteiger partial charge in [-0.05, 0) is 49.7 Å². The van der Waals surface area contributed by atoms with Crippen LogP contribution in [0, 0.1) is 6.92 Å². The molecule has 0 aliphatic carbocycles. The van der Waals surface area contributed by atoms with Crippen molar-refractivity contribution < 1.29 is 13.2 Å². The summed E-state index contributed by atoms with van der Waals surface area (Å²) >= 11 is 5.27. The molecular weight excluding hydrogens is 358 g/mol. The summed E-state index contributed by atoms with van der Waals surface area (Å²) in [6, 6.07) is 5.22. The van der Waals surface area contributed by atoms with Crippen LogP contribution in [0.3, 0.4) is 0 Å². The first kappa shape index (κ1) is 21.2. The van der Waals surface area contributed by atoms with Gasteiger partial charge in [-0.1, -0.05) is 31.9 Å². The summed E-state index contributed by atoms with van der Waals surface area (Å²) in [4.78, 5) is 14.5. The van der Waals surface area contributed by atoms with Gasteiger partial charge in [0.2, 0.25) is 5.91 Å². The second-order valence-corrected chi connectivity index (χ2v) is 6.83. The van der Waals surface area contributed by atoms with Crippen molar-refractivity contribution in [2.24, 2.45) is 4.36 Å². The van der Waals surface area contributed by atoms with E-state index >= 15 is 0 Å². The monoisotopic (exact) mass is 383 g/mol. The Bertz CT molecular complexity index is 752. The number of carbonyl (C=O) groups excluding carboxylic acids is 1. The van der Waals surface area contributed by atoms with Crippen molar-refractivity contribution in [1.82, 2.24) is 10.2 Å². The normalized spacial score (nSPS) is 11.5. The van der Waals surface area contributed by atoms with E-state index in [1.807, 2.05) is 6.07 Å². The average Bonchev–Trinajstić information content (AvgIpc) is 2.58. The summed E-state index contributed by atoms with van der Waals surface area (Å²) in [5, 5.41) is 3.26. The summed E-state index contributed by atoms with van der Waals surface area (Å²) in [7, 11) is -0.839. The average molecular weight is 384 g/mol. The third-order valence-corrected chi connectivity index (χ3v) is 4.76. The van der Waals surface area contributed by atoms with Crippen molar-refractivity contribution in [2.45, 2.75) is 46.0 Å². The minimum absolute atomic E-state index is 0.117. The van der Waals surface area contributed by atoms with Gasteiger partial charge in [0.25, 0.3) is 0 Å². The van der Waals surface area contributed by atoms with Crippen molar-refractivity contribution in [3.8, 4) is 0 Å². The number of hydrogen-bond acceptors (Lipinski definition) is 5. The lowest BCUT2D eigenvalue weighted by Crippen LogP contribution is -2.44. The molecule has 6 nitrogen and oxygen atoms in total. The molecule has 1 aromatic carbocycles. The number of hydrogen-bond donors (Lipinski definition) is 1. The van der Waals surface area contributed by atoms with Gasteiger partial charge < -0.3 is 5.32 Å². The van der Waals surface area contributed by atoms with Crippen molar-refractivity contribution in [3.63, 3.8) is 0 Å². The molecular formula is C17H25N3O3S2. The van der Waals surface area contributed by atoms with Crippen LogP contribution in [0.4, 0.5) is 5.69 Å². The fourth-order valence-electron chi connectivity index (χ4n) is 2.42. The number of nitrogens with zero attached hydrogens (tertiary/aromatic N) is 2. The van der Waals surface area contributed by atoms with E-state index in [0.29, 0.717) is 22.9 Å². The molecule has 0 fully saturated rings. The van der Waals surface area contributed by atoms with Gasteiger partial charge in [0, 0.05) is 13.6 Å². The minimum Gasteiger partial charge on any atom is -0.365 e. The van der Waals surface area contributed by atoms with E-state index < -0.39 is 16.4 Å². The molecule has 138 valence electrons. The van der Waals surface area contributed by atoms with Gasteiger partial charge >= 0.3 is 10.5 Å². The zero-order chi connectivity index (χ0) is 19.0. The summed E-state index contributed by atoms with van der Waals surface area (Å²) in [5.41, 5.74) is 1.79. The first-order valence-corrected chi connectivity index (χ1v) is 9.70. The Balaban J connectivity index is 3.09. The molecule has 1 amide bonds. The maximum atomic E-state index is 12.9. The predicted molar refractivity (Wildman–Crippen MR) is 103 cm³/mol. The molecule has 8 heteroatoms. The van der Waals surface area contributed by atoms with Gasteiger partial charge in [0.15, 0.2) is 5.11 Å². The molecule has 0 aliphatic heterocycles. The fourth-order valence-corrected chi connectivity index (χ4v) is 2.96. The predicted octanol–water partition coefficient (Wildman–Crippen LogP) is 3.32. The number of rotatable bonds is 7. The second kappa shape index (κ2) is 10.2. The number of thiocarbonyl (C=S) groups is 1. The largest absolute Gasteiger partial charge is 0.365 e. The van der Waals surface area contributed by atoms with Gasteiger partial charge in [0.05, 0.1) is 11.6 Å². The van der Waals surface area contributed by atoms with Gasteiger partial charge in [-0.15, -0.1) is 4.36 Å². The molecule has 0 radical (unpaired) electrons.